The van der Waals surface area contributed by atoms with Crippen LogP contribution < -0.4 is 15.1 Å². The Balaban J connectivity index is 1.52. The van der Waals surface area contributed by atoms with Crippen molar-refractivity contribution in [1.29, 1.82) is 0 Å². The molecular weight excluding hydrogens is 334 g/mol. The first-order valence-electron chi connectivity index (χ1n) is 8.73. The molecule has 1 fully saturated rings. The highest BCUT2D eigenvalue weighted by atomic mass is 35.5. The zero-order valence-corrected chi connectivity index (χ0v) is 15.6. The summed E-state index contributed by atoms with van der Waals surface area (Å²) in [4.78, 5) is 16.0. The molecule has 2 N–H and O–H groups in total. The molecule has 0 atom stereocenters. The number of carbonyl (C=O) groups is 1. The van der Waals surface area contributed by atoms with Gasteiger partial charge in [-0.25, -0.2) is 0 Å². The largest absolute Gasteiger partial charge is 0.359 e. The van der Waals surface area contributed by atoms with Gasteiger partial charge in [-0.2, -0.15) is 0 Å². The molecule has 0 aliphatic carbocycles. The predicted molar refractivity (Wildman–Crippen MR) is 104 cm³/mol. The van der Waals surface area contributed by atoms with Crippen molar-refractivity contribution in [3.05, 3.63) is 58.6 Å². The molecule has 0 radical (unpaired) electrons. The first kappa shape index (κ1) is 17.8. The third kappa shape index (κ3) is 4.53. The van der Waals surface area contributed by atoms with Gasteiger partial charge in [0.2, 0.25) is 0 Å². The second kappa shape index (κ2) is 7.89. The van der Waals surface area contributed by atoms with E-state index in [1.165, 1.54) is 10.5 Å². The number of hydrogen-bond donors (Lipinski definition) is 2. The molecule has 0 bridgehead atoms. The highest BCUT2D eigenvalue weighted by Gasteiger charge is 2.23. The Morgan fingerprint density at radius 1 is 1.16 bits per heavy atom. The zero-order chi connectivity index (χ0) is 17.8. The molecular formula is C20H25ClN3O+. The Kier molecular flexibility index (Phi) is 5.61. The van der Waals surface area contributed by atoms with Crippen LogP contribution in [0.2, 0.25) is 5.02 Å². The van der Waals surface area contributed by atoms with Crippen LogP contribution in [-0.2, 0) is 4.79 Å². The number of benzene rings is 2. The second-order valence-electron chi connectivity index (χ2n) is 6.73. The van der Waals surface area contributed by atoms with Crippen LogP contribution in [0.1, 0.15) is 11.1 Å². The normalized spacial score (nSPS) is 15.2. The fraction of sp³-hybridized carbons (Fsp3) is 0.350. The van der Waals surface area contributed by atoms with Gasteiger partial charge in [0.1, 0.15) is 0 Å². The molecule has 1 heterocycles. The molecule has 0 aromatic heterocycles. The number of carbonyl (C=O) groups excluding carboxylic acids is 1. The van der Waals surface area contributed by atoms with E-state index < -0.39 is 0 Å². The molecule has 3 rings (SSSR count). The van der Waals surface area contributed by atoms with Gasteiger partial charge < -0.3 is 15.1 Å². The van der Waals surface area contributed by atoms with Crippen LogP contribution in [0.4, 0.5) is 11.4 Å². The van der Waals surface area contributed by atoms with Crippen LogP contribution >= 0.6 is 11.6 Å². The zero-order valence-electron chi connectivity index (χ0n) is 14.8. The van der Waals surface area contributed by atoms with E-state index in [-0.39, 0.29) is 5.91 Å². The van der Waals surface area contributed by atoms with Crippen molar-refractivity contribution in [2.45, 2.75) is 13.8 Å². The van der Waals surface area contributed by atoms with E-state index in [9.17, 15) is 4.79 Å². The monoisotopic (exact) mass is 358 g/mol. The van der Waals surface area contributed by atoms with E-state index in [1.807, 2.05) is 37.3 Å². The number of aryl methyl sites for hydroxylation is 2. The van der Waals surface area contributed by atoms with Gasteiger partial charge in [0.15, 0.2) is 6.54 Å². The van der Waals surface area contributed by atoms with Gasteiger partial charge in [-0.15, -0.1) is 0 Å². The number of halogens is 1. The van der Waals surface area contributed by atoms with Crippen LogP contribution in [0.25, 0.3) is 0 Å². The maximum atomic E-state index is 12.4. The van der Waals surface area contributed by atoms with Gasteiger partial charge in [-0.1, -0.05) is 41.4 Å². The number of rotatable bonds is 4. The van der Waals surface area contributed by atoms with Gasteiger partial charge in [0.05, 0.1) is 36.9 Å². The SMILES string of the molecule is Cc1ccc(NC(=O)C[NH+]2CCN(c3ccccc3Cl)CC2)c(C)c1. The number of piperazine rings is 1. The van der Waals surface area contributed by atoms with Gasteiger partial charge in [0, 0.05) is 5.69 Å². The molecule has 1 aliphatic heterocycles. The van der Waals surface area contributed by atoms with E-state index in [2.05, 4.69) is 29.3 Å². The van der Waals surface area contributed by atoms with Crippen molar-refractivity contribution >= 4 is 28.9 Å². The molecule has 25 heavy (non-hydrogen) atoms. The Bertz CT molecular complexity index is 754. The maximum absolute atomic E-state index is 12.4. The summed E-state index contributed by atoms with van der Waals surface area (Å²) in [6, 6.07) is 14.0. The summed E-state index contributed by atoms with van der Waals surface area (Å²) in [7, 11) is 0. The topological polar surface area (TPSA) is 36.8 Å². The van der Waals surface area contributed by atoms with Crippen LogP contribution in [0.5, 0.6) is 0 Å². The number of para-hydroxylation sites is 1. The molecule has 1 aliphatic rings. The Morgan fingerprint density at radius 3 is 2.56 bits per heavy atom. The second-order valence-corrected chi connectivity index (χ2v) is 7.14. The van der Waals surface area contributed by atoms with Crippen LogP contribution in [0.3, 0.4) is 0 Å². The summed E-state index contributed by atoms with van der Waals surface area (Å²) < 4.78 is 0. The maximum Gasteiger partial charge on any atom is 0.279 e. The molecule has 1 saturated heterocycles. The molecule has 132 valence electrons. The predicted octanol–water partition coefficient (Wildman–Crippen LogP) is 2.30. The molecule has 0 saturated carbocycles. The Morgan fingerprint density at radius 2 is 1.88 bits per heavy atom. The molecule has 5 heteroatoms. The summed E-state index contributed by atoms with van der Waals surface area (Å²) in [6.07, 6.45) is 0. The smallest absolute Gasteiger partial charge is 0.279 e. The number of quaternary nitrogens is 1. The first-order valence-corrected chi connectivity index (χ1v) is 9.11. The van der Waals surface area contributed by atoms with Crippen molar-refractivity contribution in [3.8, 4) is 0 Å². The van der Waals surface area contributed by atoms with Gasteiger partial charge >= 0.3 is 0 Å². The lowest BCUT2D eigenvalue weighted by Gasteiger charge is -2.33. The number of hydrogen-bond acceptors (Lipinski definition) is 2. The lowest BCUT2D eigenvalue weighted by atomic mass is 10.1. The average Bonchev–Trinajstić information content (AvgIpc) is 2.59. The van der Waals surface area contributed by atoms with Crippen molar-refractivity contribution in [3.63, 3.8) is 0 Å². The highest BCUT2D eigenvalue weighted by molar-refractivity contribution is 6.33. The van der Waals surface area contributed by atoms with Crippen LogP contribution in [-0.4, -0.2) is 38.6 Å². The summed E-state index contributed by atoms with van der Waals surface area (Å²) in [5.74, 6) is 0.0770. The minimum atomic E-state index is 0.0770. The average molecular weight is 359 g/mol. The third-order valence-corrected chi connectivity index (χ3v) is 5.05. The van der Waals surface area contributed by atoms with Crippen molar-refractivity contribution in [2.75, 3.05) is 42.9 Å². The van der Waals surface area contributed by atoms with Crippen LogP contribution in [0.15, 0.2) is 42.5 Å². The first-order chi connectivity index (χ1) is 12.0. The summed E-state index contributed by atoms with van der Waals surface area (Å²) in [5, 5.41) is 3.83. The summed E-state index contributed by atoms with van der Waals surface area (Å²) in [5.41, 5.74) is 4.30. The number of nitrogens with zero attached hydrogens (tertiary/aromatic N) is 1. The lowest BCUT2D eigenvalue weighted by molar-refractivity contribution is -0.892. The van der Waals surface area contributed by atoms with E-state index >= 15 is 0 Å². The fourth-order valence-corrected chi connectivity index (χ4v) is 3.58. The minimum Gasteiger partial charge on any atom is -0.359 e. The Hall–Kier alpha value is -2.04. The van der Waals surface area contributed by atoms with E-state index in [0.29, 0.717) is 6.54 Å². The van der Waals surface area contributed by atoms with E-state index in [4.69, 9.17) is 11.6 Å². The summed E-state index contributed by atoms with van der Waals surface area (Å²) >= 11 is 6.28. The number of amides is 1. The highest BCUT2D eigenvalue weighted by Crippen LogP contribution is 2.24. The molecule has 2 aromatic rings. The lowest BCUT2D eigenvalue weighted by Crippen LogP contribution is -3.15. The molecule has 1 amide bonds. The fourth-order valence-electron chi connectivity index (χ4n) is 3.32. The van der Waals surface area contributed by atoms with Crippen molar-refractivity contribution < 1.29 is 9.69 Å². The quantitative estimate of drug-likeness (QED) is 0.880. The van der Waals surface area contributed by atoms with Crippen molar-refractivity contribution in [1.82, 2.24) is 0 Å². The van der Waals surface area contributed by atoms with Crippen molar-refractivity contribution in [2.24, 2.45) is 0 Å². The molecule has 2 aromatic carbocycles. The number of nitrogens with one attached hydrogen (secondary N) is 2. The Labute approximate surface area is 154 Å². The minimum absolute atomic E-state index is 0.0770. The molecule has 4 nitrogen and oxygen atoms in total. The van der Waals surface area contributed by atoms with Gasteiger partial charge in [0.25, 0.3) is 5.91 Å². The standard InChI is InChI=1S/C20H24ClN3O/c1-15-7-8-18(16(2)13-15)22-20(25)14-23-9-11-24(12-10-23)19-6-4-3-5-17(19)21/h3-8,13H,9-12,14H2,1-2H3,(H,22,25)/p+1. The molecule has 0 spiro atoms. The van der Waals surface area contributed by atoms with Crippen LogP contribution in [0, 0.1) is 13.8 Å². The third-order valence-electron chi connectivity index (χ3n) is 4.73. The number of anilines is 2. The van der Waals surface area contributed by atoms with Gasteiger partial charge in [-0.05, 0) is 37.6 Å². The van der Waals surface area contributed by atoms with E-state index in [0.717, 1.165) is 48.1 Å². The van der Waals surface area contributed by atoms with Gasteiger partial charge in [-0.3, -0.25) is 4.79 Å². The van der Waals surface area contributed by atoms with E-state index in [1.54, 1.807) is 0 Å². The molecule has 0 unspecified atom stereocenters. The summed E-state index contributed by atoms with van der Waals surface area (Å²) in [6.45, 7) is 8.28.